The molecule has 6 heteroatoms. The highest BCUT2D eigenvalue weighted by Gasteiger charge is 2.31. The van der Waals surface area contributed by atoms with Gasteiger partial charge in [-0.25, -0.2) is 4.98 Å². The summed E-state index contributed by atoms with van der Waals surface area (Å²) >= 11 is 1.68. The predicted octanol–water partition coefficient (Wildman–Crippen LogP) is 2.87. The number of para-hydroxylation sites is 1. The second kappa shape index (κ2) is 7.32. The van der Waals surface area contributed by atoms with Crippen LogP contribution in [-0.2, 0) is 11.3 Å². The fourth-order valence-electron chi connectivity index (χ4n) is 3.28. The number of hydrogen-bond acceptors (Lipinski definition) is 5. The van der Waals surface area contributed by atoms with E-state index in [1.54, 1.807) is 25.4 Å². The average molecular weight is 345 g/mol. The Labute approximate surface area is 146 Å². The first-order valence-electron chi connectivity index (χ1n) is 8.12. The van der Waals surface area contributed by atoms with E-state index in [2.05, 4.69) is 21.3 Å². The zero-order chi connectivity index (χ0) is 17.1. The standard InChI is InChI=1S/C18H23N3O2S/c1-13-19-15(12-24-13)10-20-8-9-21(14(2)22)17(11-20)16-6-4-5-7-18(16)23-3/h4-7,12,17H,8-11H2,1-3H3/t17-/m1/s1. The molecular weight excluding hydrogens is 322 g/mol. The molecule has 1 aliphatic heterocycles. The van der Waals surface area contributed by atoms with Crippen molar-refractivity contribution in [3.63, 3.8) is 0 Å². The smallest absolute Gasteiger partial charge is 0.220 e. The van der Waals surface area contributed by atoms with Gasteiger partial charge in [0, 0.05) is 44.0 Å². The van der Waals surface area contributed by atoms with Crippen molar-refractivity contribution in [1.82, 2.24) is 14.8 Å². The van der Waals surface area contributed by atoms with Gasteiger partial charge in [-0.15, -0.1) is 11.3 Å². The summed E-state index contributed by atoms with van der Waals surface area (Å²) < 4.78 is 5.52. The number of hydrogen-bond donors (Lipinski definition) is 0. The number of aryl methyl sites for hydroxylation is 1. The summed E-state index contributed by atoms with van der Waals surface area (Å²) in [5, 5.41) is 3.21. The number of benzene rings is 1. The molecule has 0 radical (unpaired) electrons. The molecule has 1 amide bonds. The van der Waals surface area contributed by atoms with E-state index in [1.165, 1.54) is 0 Å². The number of piperazine rings is 1. The summed E-state index contributed by atoms with van der Waals surface area (Å²) in [6, 6.07) is 7.97. The highest BCUT2D eigenvalue weighted by molar-refractivity contribution is 7.09. The molecule has 5 nitrogen and oxygen atoms in total. The lowest BCUT2D eigenvalue weighted by atomic mass is 10.0. The largest absolute Gasteiger partial charge is 0.496 e. The van der Waals surface area contributed by atoms with Crippen molar-refractivity contribution in [2.24, 2.45) is 0 Å². The molecule has 128 valence electrons. The Kier molecular flexibility index (Phi) is 5.16. The van der Waals surface area contributed by atoms with Crippen molar-refractivity contribution in [1.29, 1.82) is 0 Å². The highest BCUT2D eigenvalue weighted by Crippen LogP contribution is 2.32. The summed E-state index contributed by atoms with van der Waals surface area (Å²) in [4.78, 5) is 21.0. The molecule has 1 fully saturated rings. The van der Waals surface area contributed by atoms with Crippen molar-refractivity contribution in [2.75, 3.05) is 26.7 Å². The minimum atomic E-state index is 0.00660. The number of aromatic nitrogens is 1. The Balaban J connectivity index is 1.83. The molecule has 24 heavy (non-hydrogen) atoms. The molecule has 0 aliphatic carbocycles. The summed E-state index contributed by atoms with van der Waals surface area (Å²) in [7, 11) is 1.68. The molecule has 1 aromatic carbocycles. The number of nitrogens with zero attached hydrogens (tertiary/aromatic N) is 3. The summed E-state index contributed by atoms with van der Waals surface area (Å²) in [5.41, 5.74) is 2.17. The van der Waals surface area contributed by atoms with Crippen LogP contribution in [0.4, 0.5) is 0 Å². The third-order valence-corrected chi connectivity index (χ3v) is 5.24. The van der Waals surface area contributed by atoms with E-state index in [4.69, 9.17) is 4.74 Å². The van der Waals surface area contributed by atoms with Crippen LogP contribution < -0.4 is 4.74 Å². The van der Waals surface area contributed by atoms with Gasteiger partial charge in [-0.2, -0.15) is 0 Å². The van der Waals surface area contributed by atoms with Crippen LogP contribution in [0.2, 0.25) is 0 Å². The van der Waals surface area contributed by atoms with Crippen molar-refractivity contribution < 1.29 is 9.53 Å². The van der Waals surface area contributed by atoms with E-state index in [1.807, 2.05) is 30.0 Å². The van der Waals surface area contributed by atoms with E-state index >= 15 is 0 Å². The van der Waals surface area contributed by atoms with Crippen LogP contribution in [0.5, 0.6) is 5.75 Å². The minimum Gasteiger partial charge on any atom is -0.496 e. The number of methoxy groups -OCH3 is 1. The van der Waals surface area contributed by atoms with Gasteiger partial charge in [0.15, 0.2) is 0 Å². The second-order valence-corrected chi connectivity index (χ2v) is 7.13. The predicted molar refractivity (Wildman–Crippen MR) is 95.3 cm³/mol. The highest BCUT2D eigenvalue weighted by atomic mass is 32.1. The number of carbonyl (C=O) groups is 1. The number of ether oxygens (including phenoxy) is 1. The second-order valence-electron chi connectivity index (χ2n) is 6.06. The van der Waals surface area contributed by atoms with E-state index in [0.29, 0.717) is 0 Å². The first kappa shape index (κ1) is 16.9. The summed E-state index contributed by atoms with van der Waals surface area (Å²) in [6.07, 6.45) is 0. The third-order valence-electron chi connectivity index (χ3n) is 4.42. The normalized spacial score (nSPS) is 18.6. The fraction of sp³-hybridized carbons (Fsp3) is 0.444. The third kappa shape index (κ3) is 3.60. The van der Waals surface area contributed by atoms with E-state index in [9.17, 15) is 4.79 Å². The average Bonchev–Trinajstić information content (AvgIpc) is 2.99. The fourth-order valence-corrected chi connectivity index (χ4v) is 3.88. The Morgan fingerprint density at radius 1 is 1.38 bits per heavy atom. The maximum absolute atomic E-state index is 12.1. The van der Waals surface area contributed by atoms with Gasteiger partial charge in [0.1, 0.15) is 5.75 Å². The summed E-state index contributed by atoms with van der Waals surface area (Å²) in [6.45, 7) is 6.86. The Morgan fingerprint density at radius 3 is 2.83 bits per heavy atom. The van der Waals surface area contributed by atoms with Crippen LogP contribution in [-0.4, -0.2) is 47.4 Å². The zero-order valence-electron chi connectivity index (χ0n) is 14.4. The van der Waals surface area contributed by atoms with Crippen molar-refractivity contribution >= 4 is 17.2 Å². The molecular formula is C18H23N3O2S. The maximum atomic E-state index is 12.1. The van der Waals surface area contributed by atoms with Crippen LogP contribution in [0, 0.1) is 6.92 Å². The number of amides is 1. The molecule has 1 aromatic heterocycles. The zero-order valence-corrected chi connectivity index (χ0v) is 15.2. The Hall–Kier alpha value is -1.92. The Morgan fingerprint density at radius 2 is 2.17 bits per heavy atom. The van der Waals surface area contributed by atoms with Gasteiger partial charge in [-0.1, -0.05) is 18.2 Å². The van der Waals surface area contributed by atoms with Gasteiger partial charge in [0.2, 0.25) is 5.91 Å². The van der Waals surface area contributed by atoms with Gasteiger partial charge < -0.3 is 9.64 Å². The van der Waals surface area contributed by atoms with Crippen LogP contribution >= 0.6 is 11.3 Å². The molecule has 1 atom stereocenters. The maximum Gasteiger partial charge on any atom is 0.220 e. The molecule has 1 aliphatic rings. The first-order chi connectivity index (χ1) is 11.6. The van der Waals surface area contributed by atoms with E-state index in [-0.39, 0.29) is 11.9 Å². The number of rotatable bonds is 4. The SMILES string of the molecule is COc1ccccc1[C@H]1CN(Cc2csc(C)n2)CCN1C(C)=O. The topological polar surface area (TPSA) is 45.7 Å². The van der Waals surface area contributed by atoms with Gasteiger partial charge in [0.25, 0.3) is 0 Å². The lowest BCUT2D eigenvalue weighted by molar-refractivity contribution is -0.134. The molecule has 0 spiro atoms. The molecule has 2 heterocycles. The van der Waals surface area contributed by atoms with Gasteiger partial charge >= 0.3 is 0 Å². The monoisotopic (exact) mass is 345 g/mol. The van der Waals surface area contributed by atoms with Gasteiger partial charge in [0.05, 0.1) is 23.9 Å². The van der Waals surface area contributed by atoms with Crippen molar-refractivity contribution in [3.8, 4) is 5.75 Å². The minimum absolute atomic E-state index is 0.00660. The van der Waals surface area contributed by atoms with Crippen molar-refractivity contribution in [2.45, 2.75) is 26.4 Å². The van der Waals surface area contributed by atoms with Gasteiger partial charge in [-0.3, -0.25) is 9.69 Å². The van der Waals surface area contributed by atoms with Crippen molar-refractivity contribution in [3.05, 3.63) is 45.9 Å². The molecule has 3 rings (SSSR count). The molecule has 0 saturated carbocycles. The van der Waals surface area contributed by atoms with Crippen LogP contribution in [0.25, 0.3) is 0 Å². The molecule has 1 saturated heterocycles. The lowest BCUT2D eigenvalue weighted by Crippen LogP contribution is -2.49. The molecule has 0 unspecified atom stereocenters. The van der Waals surface area contributed by atoms with Crippen LogP contribution in [0.1, 0.15) is 29.2 Å². The van der Waals surface area contributed by atoms with Crippen LogP contribution in [0.15, 0.2) is 29.6 Å². The first-order valence-corrected chi connectivity index (χ1v) is 9.00. The van der Waals surface area contributed by atoms with E-state index < -0.39 is 0 Å². The summed E-state index contributed by atoms with van der Waals surface area (Å²) in [5.74, 6) is 0.940. The Bertz CT molecular complexity index is 716. The quantitative estimate of drug-likeness (QED) is 0.855. The van der Waals surface area contributed by atoms with E-state index in [0.717, 1.165) is 48.2 Å². The molecule has 0 bridgehead atoms. The lowest BCUT2D eigenvalue weighted by Gasteiger charge is -2.41. The number of carbonyl (C=O) groups excluding carboxylic acids is 1. The molecule has 2 aromatic rings. The number of thiazole rings is 1. The van der Waals surface area contributed by atoms with Gasteiger partial charge in [-0.05, 0) is 13.0 Å². The van der Waals surface area contributed by atoms with Crippen LogP contribution in [0.3, 0.4) is 0 Å². The molecule has 0 N–H and O–H groups in total.